The molecule has 0 radical (unpaired) electrons. The molecule has 0 saturated carbocycles. The number of carboxylic acids is 1. The highest BCUT2D eigenvalue weighted by Crippen LogP contribution is 2.10. The van der Waals surface area contributed by atoms with Crippen LogP contribution in [-0.2, 0) is 9.59 Å². The summed E-state index contributed by atoms with van der Waals surface area (Å²) in [7, 11) is 0. The fraction of sp³-hybridized carbons (Fsp3) is 0.333. The van der Waals surface area contributed by atoms with Crippen LogP contribution >= 0.6 is 23.4 Å². The third-order valence-electron chi connectivity index (χ3n) is 1.53. The lowest BCUT2D eigenvalue weighted by molar-refractivity contribution is -0.133. The zero-order valence-electron chi connectivity index (χ0n) is 8.94. The SMILES string of the molecule is Cc1cc(Cl)nc(NC(=O)CSCC(=O)O)n1. The van der Waals surface area contributed by atoms with Gasteiger partial charge in [-0.05, 0) is 13.0 Å². The number of carboxylic acid groups (broad SMARTS) is 1. The van der Waals surface area contributed by atoms with E-state index in [1.807, 2.05) is 0 Å². The highest BCUT2D eigenvalue weighted by molar-refractivity contribution is 8.00. The molecule has 0 saturated heterocycles. The number of nitrogens with zero attached hydrogens (tertiary/aromatic N) is 2. The number of hydrogen-bond acceptors (Lipinski definition) is 5. The molecule has 0 aliphatic carbocycles. The molecule has 1 amide bonds. The number of nitrogens with one attached hydrogen (secondary N) is 1. The number of halogens is 1. The normalized spacial score (nSPS) is 10.0. The summed E-state index contributed by atoms with van der Waals surface area (Å²) in [5.41, 5.74) is 0.637. The lowest BCUT2D eigenvalue weighted by atomic mass is 10.5. The van der Waals surface area contributed by atoms with Crippen molar-refractivity contribution in [3.63, 3.8) is 0 Å². The van der Waals surface area contributed by atoms with Gasteiger partial charge in [-0.25, -0.2) is 9.97 Å². The Morgan fingerprint density at radius 1 is 1.47 bits per heavy atom. The Bertz CT molecular complexity index is 421. The minimum absolute atomic E-state index is 0.0290. The maximum Gasteiger partial charge on any atom is 0.313 e. The molecule has 0 aliphatic heterocycles. The van der Waals surface area contributed by atoms with E-state index in [0.717, 1.165) is 11.8 Å². The van der Waals surface area contributed by atoms with Gasteiger partial charge in [0.1, 0.15) is 5.15 Å². The second-order valence-electron chi connectivity index (χ2n) is 3.09. The van der Waals surface area contributed by atoms with Crippen LogP contribution in [0.5, 0.6) is 0 Å². The highest BCUT2D eigenvalue weighted by Gasteiger charge is 2.07. The van der Waals surface area contributed by atoms with Crippen molar-refractivity contribution in [2.45, 2.75) is 6.92 Å². The van der Waals surface area contributed by atoms with Crippen molar-refractivity contribution in [2.24, 2.45) is 0 Å². The van der Waals surface area contributed by atoms with Gasteiger partial charge in [0.25, 0.3) is 0 Å². The predicted molar refractivity (Wildman–Crippen MR) is 65.4 cm³/mol. The Labute approximate surface area is 107 Å². The first-order valence-electron chi connectivity index (χ1n) is 4.58. The van der Waals surface area contributed by atoms with E-state index >= 15 is 0 Å². The van der Waals surface area contributed by atoms with Crippen LogP contribution in [0.2, 0.25) is 5.15 Å². The third kappa shape index (κ3) is 5.50. The molecule has 1 aromatic rings. The zero-order chi connectivity index (χ0) is 12.8. The average Bonchev–Trinajstić information content (AvgIpc) is 2.14. The van der Waals surface area contributed by atoms with Gasteiger partial charge in [-0.2, -0.15) is 0 Å². The summed E-state index contributed by atoms with van der Waals surface area (Å²) < 4.78 is 0. The summed E-state index contributed by atoms with van der Waals surface area (Å²) in [5, 5.41) is 11.1. The maximum absolute atomic E-state index is 11.4. The van der Waals surface area contributed by atoms with Gasteiger partial charge in [0.2, 0.25) is 11.9 Å². The molecule has 6 nitrogen and oxygen atoms in total. The number of aryl methyl sites for hydroxylation is 1. The topological polar surface area (TPSA) is 92.2 Å². The molecular formula is C9H10ClN3O3S. The van der Waals surface area contributed by atoms with Crippen molar-refractivity contribution in [1.82, 2.24) is 9.97 Å². The van der Waals surface area contributed by atoms with Crippen LogP contribution in [-0.4, -0.2) is 38.5 Å². The first-order valence-corrected chi connectivity index (χ1v) is 6.11. The molecule has 92 valence electrons. The number of anilines is 1. The fourth-order valence-electron chi connectivity index (χ4n) is 0.978. The Morgan fingerprint density at radius 2 is 2.18 bits per heavy atom. The molecule has 0 fully saturated rings. The van der Waals surface area contributed by atoms with E-state index in [0.29, 0.717) is 5.69 Å². The van der Waals surface area contributed by atoms with E-state index in [1.165, 1.54) is 0 Å². The molecule has 0 unspecified atom stereocenters. The number of rotatable bonds is 5. The quantitative estimate of drug-likeness (QED) is 0.785. The van der Waals surface area contributed by atoms with E-state index in [4.69, 9.17) is 16.7 Å². The minimum Gasteiger partial charge on any atom is -0.481 e. The molecule has 1 rings (SSSR count). The first-order chi connectivity index (χ1) is 7.97. The molecule has 0 spiro atoms. The van der Waals surface area contributed by atoms with Crippen LogP contribution in [0.3, 0.4) is 0 Å². The van der Waals surface area contributed by atoms with Gasteiger partial charge in [-0.1, -0.05) is 11.6 Å². The van der Waals surface area contributed by atoms with Crippen LogP contribution in [0.1, 0.15) is 5.69 Å². The van der Waals surface area contributed by atoms with Crippen LogP contribution in [0.4, 0.5) is 5.95 Å². The summed E-state index contributed by atoms with van der Waals surface area (Å²) in [6.07, 6.45) is 0. The van der Waals surface area contributed by atoms with E-state index < -0.39 is 5.97 Å². The number of carbonyl (C=O) groups is 2. The summed E-state index contributed by atoms with van der Waals surface area (Å²) in [4.78, 5) is 29.4. The van der Waals surface area contributed by atoms with Crippen LogP contribution in [0.25, 0.3) is 0 Å². The number of hydrogen-bond donors (Lipinski definition) is 2. The zero-order valence-corrected chi connectivity index (χ0v) is 10.5. The first kappa shape index (κ1) is 13.7. The van der Waals surface area contributed by atoms with Crippen molar-refractivity contribution >= 4 is 41.2 Å². The van der Waals surface area contributed by atoms with E-state index in [9.17, 15) is 9.59 Å². The van der Waals surface area contributed by atoms with Gasteiger partial charge in [-0.15, -0.1) is 11.8 Å². The lowest BCUT2D eigenvalue weighted by Gasteiger charge is -2.04. The number of amides is 1. The Morgan fingerprint density at radius 3 is 2.76 bits per heavy atom. The van der Waals surface area contributed by atoms with Crippen molar-refractivity contribution in [3.8, 4) is 0 Å². The molecule has 0 bridgehead atoms. The van der Waals surface area contributed by atoms with Gasteiger partial charge < -0.3 is 5.11 Å². The van der Waals surface area contributed by atoms with Gasteiger partial charge in [0.15, 0.2) is 0 Å². The summed E-state index contributed by atoms with van der Waals surface area (Å²) in [5.74, 6) is -1.30. The molecule has 0 atom stereocenters. The Hall–Kier alpha value is -1.34. The summed E-state index contributed by atoms with van der Waals surface area (Å²) >= 11 is 6.69. The average molecular weight is 276 g/mol. The number of aliphatic carboxylic acids is 1. The monoisotopic (exact) mass is 275 g/mol. The Kier molecular flexibility index (Phi) is 5.17. The number of carbonyl (C=O) groups excluding carboxylic acids is 1. The van der Waals surface area contributed by atoms with Crippen LogP contribution < -0.4 is 5.32 Å². The molecule has 1 aromatic heterocycles. The standard InChI is InChI=1S/C9H10ClN3O3S/c1-5-2-6(10)12-9(11-5)13-7(14)3-17-4-8(15)16/h2H,3-4H2,1H3,(H,15,16)(H,11,12,13,14). The van der Waals surface area contributed by atoms with Crippen molar-refractivity contribution in [3.05, 3.63) is 16.9 Å². The van der Waals surface area contributed by atoms with Crippen LogP contribution in [0.15, 0.2) is 6.07 Å². The van der Waals surface area contributed by atoms with Gasteiger partial charge in [0.05, 0.1) is 11.5 Å². The smallest absolute Gasteiger partial charge is 0.313 e. The van der Waals surface area contributed by atoms with Crippen LogP contribution in [0, 0.1) is 6.92 Å². The van der Waals surface area contributed by atoms with E-state index in [1.54, 1.807) is 13.0 Å². The lowest BCUT2D eigenvalue weighted by Crippen LogP contribution is -2.17. The second kappa shape index (κ2) is 6.41. The molecule has 0 aromatic carbocycles. The maximum atomic E-state index is 11.4. The molecule has 17 heavy (non-hydrogen) atoms. The van der Waals surface area contributed by atoms with Gasteiger partial charge in [-0.3, -0.25) is 14.9 Å². The second-order valence-corrected chi connectivity index (χ2v) is 4.46. The number of aromatic nitrogens is 2. The van der Waals surface area contributed by atoms with E-state index in [2.05, 4.69) is 15.3 Å². The summed E-state index contributed by atoms with van der Waals surface area (Å²) in [6, 6.07) is 1.57. The predicted octanol–water partition coefficient (Wildman–Crippen LogP) is 1.19. The Balaban J connectivity index is 2.47. The van der Waals surface area contributed by atoms with Crippen molar-refractivity contribution in [2.75, 3.05) is 16.8 Å². The fourth-order valence-corrected chi connectivity index (χ4v) is 1.75. The van der Waals surface area contributed by atoms with Crippen molar-refractivity contribution < 1.29 is 14.7 Å². The summed E-state index contributed by atoms with van der Waals surface area (Å²) in [6.45, 7) is 1.72. The largest absolute Gasteiger partial charge is 0.481 e. The molecule has 2 N–H and O–H groups in total. The number of thioether (sulfide) groups is 1. The van der Waals surface area contributed by atoms with Crippen molar-refractivity contribution in [1.29, 1.82) is 0 Å². The third-order valence-corrected chi connectivity index (χ3v) is 2.64. The molecule has 8 heteroatoms. The molecular weight excluding hydrogens is 266 g/mol. The molecule has 0 aliphatic rings. The molecule has 1 heterocycles. The minimum atomic E-state index is -0.961. The van der Waals surface area contributed by atoms with Gasteiger partial charge in [0, 0.05) is 5.69 Å². The van der Waals surface area contributed by atoms with Gasteiger partial charge >= 0.3 is 5.97 Å². The van der Waals surface area contributed by atoms with E-state index in [-0.39, 0.29) is 28.5 Å². The highest BCUT2D eigenvalue weighted by atomic mass is 35.5.